The fourth-order valence-electron chi connectivity index (χ4n) is 3.80. The van der Waals surface area contributed by atoms with Gasteiger partial charge in [-0.3, -0.25) is 4.79 Å². The predicted molar refractivity (Wildman–Crippen MR) is 122 cm³/mol. The minimum absolute atomic E-state index is 0.0881. The molecule has 6 nitrogen and oxygen atoms in total. The number of hydrogen-bond donors (Lipinski definition) is 0. The predicted octanol–water partition coefficient (Wildman–Crippen LogP) is 4.56. The zero-order valence-corrected chi connectivity index (χ0v) is 18.8. The minimum Gasteiger partial charge on any atom is -0.368 e. The normalized spacial score (nSPS) is 14.7. The van der Waals surface area contributed by atoms with Gasteiger partial charge in [0, 0.05) is 49.4 Å². The lowest BCUT2D eigenvalue weighted by Gasteiger charge is -2.36. The van der Waals surface area contributed by atoms with E-state index in [1.165, 1.54) is 5.56 Å². The molecule has 0 unspecified atom stereocenters. The first kappa shape index (κ1) is 21.1. The lowest BCUT2D eigenvalue weighted by Crippen LogP contribution is -2.48. The van der Waals surface area contributed by atoms with E-state index in [-0.39, 0.29) is 11.3 Å². The van der Waals surface area contributed by atoms with Crippen LogP contribution in [-0.2, 0) is 11.8 Å². The van der Waals surface area contributed by atoms with Crippen molar-refractivity contribution >= 4 is 11.6 Å². The van der Waals surface area contributed by atoms with Gasteiger partial charge in [-0.1, -0.05) is 45.0 Å². The Morgan fingerprint density at radius 3 is 2.16 bits per heavy atom. The van der Waals surface area contributed by atoms with Crippen molar-refractivity contribution in [1.82, 2.24) is 15.0 Å². The molecule has 1 fully saturated rings. The summed E-state index contributed by atoms with van der Waals surface area (Å²) >= 11 is 0. The molecular formula is C25H30N4O2. The van der Waals surface area contributed by atoms with Gasteiger partial charge in [0.2, 0.25) is 11.7 Å². The maximum absolute atomic E-state index is 12.9. The monoisotopic (exact) mass is 418 g/mol. The number of benzene rings is 2. The Balaban J connectivity index is 1.36. The summed E-state index contributed by atoms with van der Waals surface area (Å²) in [6, 6.07) is 16.3. The van der Waals surface area contributed by atoms with Gasteiger partial charge in [0.25, 0.3) is 5.91 Å². The topological polar surface area (TPSA) is 62.5 Å². The number of piperazine rings is 1. The molecule has 2 aromatic carbocycles. The Labute approximate surface area is 183 Å². The number of hydrogen-bond acceptors (Lipinski definition) is 5. The molecule has 1 aliphatic rings. The van der Waals surface area contributed by atoms with Crippen LogP contribution in [0.25, 0.3) is 11.4 Å². The van der Waals surface area contributed by atoms with Gasteiger partial charge in [-0.2, -0.15) is 4.98 Å². The Kier molecular flexibility index (Phi) is 5.81. The van der Waals surface area contributed by atoms with Crippen LogP contribution in [0.2, 0.25) is 0 Å². The number of carbonyl (C=O) groups is 1. The van der Waals surface area contributed by atoms with Crippen molar-refractivity contribution in [2.45, 2.75) is 39.5 Å². The molecule has 162 valence electrons. The van der Waals surface area contributed by atoms with Crippen LogP contribution in [0.5, 0.6) is 0 Å². The summed E-state index contributed by atoms with van der Waals surface area (Å²) in [7, 11) is 0. The van der Waals surface area contributed by atoms with Crippen LogP contribution in [0.3, 0.4) is 0 Å². The van der Waals surface area contributed by atoms with Crippen LogP contribution in [0.1, 0.15) is 49.5 Å². The Morgan fingerprint density at radius 2 is 1.61 bits per heavy atom. The first-order chi connectivity index (χ1) is 14.8. The zero-order valence-electron chi connectivity index (χ0n) is 18.8. The summed E-state index contributed by atoms with van der Waals surface area (Å²) in [5.74, 6) is 1.38. The van der Waals surface area contributed by atoms with Gasteiger partial charge in [-0.25, -0.2) is 0 Å². The van der Waals surface area contributed by atoms with E-state index in [9.17, 15) is 4.79 Å². The fourth-order valence-corrected chi connectivity index (χ4v) is 3.80. The van der Waals surface area contributed by atoms with Crippen LogP contribution < -0.4 is 4.90 Å². The van der Waals surface area contributed by atoms with Gasteiger partial charge in [-0.05, 0) is 47.4 Å². The molecule has 6 heteroatoms. The number of aromatic nitrogens is 2. The molecule has 1 amide bonds. The number of nitrogens with zero attached hydrogens (tertiary/aromatic N) is 4. The van der Waals surface area contributed by atoms with E-state index in [0.717, 1.165) is 36.3 Å². The fraction of sp³-hybridized carbons (Fsp3) is 0.400. The van der Waals surface area contributed by atoms with E-state index in [0.29, 0.717) is 24.8 Å². The zero-order chi connectivity index (χ0) is 22.0. The molecule has 0 saturated carbocycles. The summed E-state index contributed by atoms with van der Waals surface area (Å²) in [6.45, 7) is 11.6. The molecule has 1 saturated heterocycles. The first-order valence-corrected chi connectivity index (χ1v) is 10.9. The van der Waals surface area contributed by atoms with Gasteiger partial charge < -0.3 is 14.3 Å². The van der Waals surface area contributed by atoms with Gasteiger partial charge in [0.05, 0.1) is 0 Å². The Bertz CT molecular complexity index is 1020. The molecular weight excluding hydrogens is 388 g/mol. The molecule has 0 N–H and O–H groups in total. The minimum atomic E-state index is 0.0881. The highest BCUT2D eigenvalue weighted by Gasteiger charge is 2.23. The average molecular weight is 419 g/mol. The summed E-state index contributed by atoms with van der Waals surface area (Å²) in [6.07, 6.45) is 0.731. The Morgan fingerprint density at radius 1 is 0.968 bits per heavy atom. The van der Waals surface area contributed by atoms with E-state index < -0.39 is 0 Å². The highest BCUT2D eigenvalue weighted by atomic mass is 16.5. The van der Waals surface area contributed by atoms with E-state index in [1.807, 2.05) is 36.1 Å². The molecule has 2 heterocycles. The van der Waals surface area contributed by atoms with E-state index in [2.05, 4.69) is 60.1 Å². The Hall–Kier alpha value is -3.15. The summed E-state index contributed by atoms with van der Waals surface area (Å²) in [5.41, 5.74) is 4.18. The van der Waals surface area contributed by atoms with Gasteiger partial charge in [-0.15, -0.1) is 0 Å². The molecule has 0 bridgehead atoms. The number of carbonyl (C=O) groups excluding carboxylic acids is 1. The van der Waals surface area contributed by atoms with Crippen LogP contribution in [0.15, 0.2) is 53.1 Å². The van der Waals surface area contributed by atoms with Crippen LogP contribution in [0.4, 0.5) is 5.69 Å². The second-order valence-electron chi connectivity index (χ2n) is 9.02. The molecule has 4 rings (SSSR count). The van der Waals surface area contributed by atoms with Crippen molar-refractivity contribution in [1.29, 1.82) is 0 Å². The third-order valence-corrected chi connectivity index (χ3v) is 5.83. The van der Waals surface area contributed by atoms with Crippen molar-refractivity contribution in [2.75, 3.05) is 31.1 Å². The highest BCUT2D eigenvalue weighted by molar-refractivity contribution is 5.94. The molecule has 1 aliphatic heterocycles. The number of amides is 1. The van der Waals surface area contributed by atoms with E-state index in [1.54, 1.807) is 0 Å². The van der Waals surface area contributed by atoms with Gasteiger partial charge in [0.1, 0.15) is 0 Å². The second kappa shape index (κ2) is 8.53. The molecule has 3 aromatic rings. The van der Waals surface area contributed by atoms with Gasteiger partial charge in [0.15, 0.2) is 0 Å². The molecule has 31 heavy (non-hydrogen) atoms. The summed E-state index contributed by atoms with van der Waals surface area (Å²) in [4.78, 5) is 21.6. The van der Waals surface area contributed by atoms with Crippen molar-refractivity contribution in [3.8, 4) is 11.4 Å². The molecule has 1 aromatic heterocycles. The van der Waals surface area contributed by atoms with Gasteiger partial charge >= 0.3 is 0 Å². The lowest BCUT2D eigenvalue weighted by atomic mass is 9.86. The first-order valence-electron chi connectivity index (χ1n) is 10.9. The quantitative estimate of drug-likeness (QED) is 0.622. The summed E-state index contributed by atoms with van der Waals surface area (Å²) < 4.78 is 5.20. The average Bonchev–Trinajstić information content (AvgIpc) is 3.28. The lowest BCUT2D eigenvalue weighted by molar-refractivity contribution is 0.0746. The summed E-state index contributed by atoms with van der Waals surface area (Å²) in [5, 5.41) is 4.03. The highest BCUT2D eigenvalue weighted by Crippen LogP contribution is 2.24. The van der Waals surface area contributed by atoms with Crippen LogP contribution >= 0.6 is 0 Å². The maximum Gasteiger partial charge on any atom is 0.253 e. The van der Waals surface area contributed by atoms with Crippen LogP contribution in [0, 0.1) is 0 Å². The SMILES string of the molecule is CCc1nc(-c2ccc(N3CCN(C(=O)c4ccc(C(C)(C)C)cc4)CC3)cc2)no1. The largest absolute Gasteiger partial charge is 0.368 e. The van der Waals surface area contributed by atoms with Crippen LogP contribution in [-0.4, -0.2) is 47.1 Å². The molecule has 0 atom stereocenters. The maximum atomic E-state index is 12.9. The van der Waals surface area contributed by atoms with Crippen molar-refractivity contribution in [3.63, 3.8) is 0 Å². The molecule has 0 spiro atoms. The number of rotatable bonds is 4. The third kappa shape index (κ3) is 4.63. The van der Waals surface area contributed by atoms with Crippen molar-refractivity contribution < 1.29 is 9.32 Å². The van der Waals surface area contributed by atoms with E-state index in [4.69, 9.17) is 4.52 Å². The third-order valence-electron chi connectivity index (χ3n) is 5.83. The second-order valence-corrected chi connectivity index (χ2v) is 9.02. The van der Waals surface area contributed by atoms with Crippen molar-refractivity contribution in [3.05, 3.63) is 65.5 Å². The smallest absolute Gasteiger partial charge is 0.253 e. The number of anilines is 1. The van der Waals surface area contributed by atoms with E-state index >= 15 is 0 Å². The molecule has 0 aliphatic carbocycles. The standard InChI is InChI=1S/C25H30N4O2/c1-5-22-26-23(27-31-22)18-8-12-21(13-9-18)28-14-16-29(17-15-28)24(30)19-6-10-20(11-7-19)25(2,3)4/h6-13H,5,14-17H2,1-4H3. The van der Waals surface area contributed by atoms with Crippen molar-refractivity contribution in [2.24, 2.45) is 0 Å². The molecule has 0 radical (unpaired) electrons. The number of aryl methyl sites for hydroxylation is 1.